The molecule has 0 radical (unpaired) electrons. The number of ketones is 1. The van der Waals surface area contributed by atoms with E-state index in [1.807, 2.05) is 6.92 Å². The maximum Gasteiger partial charge on any atom is 0.411 e. The molecule has 1 heterocycles. The van der Waals surface area contributed by atoms with Crippen molar-refractivity contribution < 1.29 is 23.9 Å². The number of hydrogen-bond donors (Lipinski definition) is 0. The Balaban J connectivity index is 1.97. The Bertz CT molecular complexity index is 680. The number of nitrogens with zero attached hydrogens (tertiary/aromatic N) is 1. The van der Waals surface area contributed by atoms with Crippen molar-refractivity contribution in [2.75, 3.05) is 13.2 Å². The third-order valence-electron chi connectivity index (χ3n) is 3.92. The van der Waals surface area contributed by atoms with Crippen molar-refractivity contribution in [3.63, 3.8) is 0 Å². The topological polar surface area (TPSA) is 72.9 Å². The normalized spacial score (nSPS) is 20.0. The minimum absolute atomic E-state index is 0.155. The van der Waals surface area contributed by atoms with Gasteiger partial charge in [0.1, 0.15) is 11.6 Å². The summed E-state index contributed by atoms with van der Waals surface area (Å²) >= 11 is 3.30. The summed E-state index contributed by atoms with van der Waals surface area (Å²) in [6.45, 7) is 7.35. The van der Waals surface area contributed by atoms with Gasteiger partial charge in [0.2, 0.25) is 0 Å². The van der Waals surface area contributed by atoms with E-state index < -0.39 is 23.7 Å². The van der Waals surface area contributed by atoms with Crippen LogP contribution in [-0.2, 0) is 14.3 Å². The molecule has 0 spiro atoms. The van der Waals surface area contributed by atoms with Crippen molar-refractivity contribution in [3.05, 3.63) is 34.3 Å². The van der Waals surface area contributed by atoms with Gasteiger partial charge in [0.15, 0.2) is 12.4 Å². The Hall–Kier alpha value is -1.89. The first kappa shape index (κ1) is 20.4. The summed E-state index contributed by atoms with van der Waals surface area (Å²) in [6, 6.07) is 6.09. The standard InChI is InChI=1S/C19H24BrNO5/c1-12-9-15(21(10-12)18(24)26-19(2,3)4)17(23)25-11-16(22)13-5-7-14(20)8-6-13/h5-8,12,15H,9-11H2,1-4H3/t12-,15-/m0/s1. The van der Waals surface area contributed by atoms with E-state index in [4.69, 9.17) is 9.47 Å². The lowest BCUT2D eigenvalue weighted by atomic mass is 10.1. The molecule has 1 aliphatic heterocycles. The maximum absolute atomic E-state index is 12.4. The highest BCUT2D eigenvalue weighted by atomic mass is 79.9. The van der Waals surface area contributed by atoms with Gasteiger partial charge in [-0.3, -0.25) is 9.69 Å². The predicted octanol–water partition coefficient (Wildman–Crippen LogP) is 3.82. The van der Waals surface area contributed by atoms with Crippen LogP contribution in [0.25, 0.3) is 0 Å². The summed E-state index contributed by atoms with van der Waals surface area (Å²) in [4.78, 5) is 38.3. The third kappa shape index (κ3) is 5.56. The molecule has 0 unspecified atom stereocenters. The number of halogens is 1. The van der Waals surface area contributed by atoms with Crippen LogP contribution in [0.5, 0.6) is 0 Å². The Morgan fingerprint density at radius 2 is 1.81 bits per heavy atom. The number of hydrogen-bond acceptors (Lipinski definition) is 5. The van der Waals surface area contributed by atoms with Gasteiger partial charge in [-0.1, -0.05) is 35.0 Å². The van der Waals surface area contributed by atoms with Crippen molar-refractivity contribution in [1.29, 1.82) is 0 Å². The van der Waals surface area contributed by atoms with E-state index in [0.717, 1.165) is 4.47 Å². The second kappa shape index (κ2) is 8.20. The molecule has 0 saturated carbocycles. The molecule has 0 aromatic heterocycles. The van der Waals surface area contributed by atoms with Gasteiger partial charge < -0.3 is 9.47 Å². The Labute approximate surface area is 162 Å². The van der Waals surface area contributed by atoms with Crippen LogP contribution < -0.4 is 0 Å². The Kier molecular flexibility index (Phi) is 6.44. The van der Waals surface area contributed by atoms with E-state index in [-0.39, 0.29) is 18.3 Å². The van der Waals surface area contributed by atoms with Gasteiger partial charge in [0.05, 0.1) is 0 Å². The summed E-state index contributed by atoms with van der Waals surface area (Å²) in [7, 11) is 0. The zero-order chi connectivity index (χ0) is 19.5. The van der Waals surface area contributed by atoms with Gasteiger partial charge in [-0.25, -0.2) is 9.59 Å². The van der Waals surface area contributed by atoms with Crippen LogP contribution in [0.15, 0.2) is 28.7 Å². The number of esters is 1. The van der Waals surface area contributed by atoms with Gasteiger partial charge in [-0.05, 0) is 45.2 Å². The fourth-order valence-electron chi connectivity index (χ4n) is 2.74. The molecule has 0 bridgehead atoms. The molecule has 142 valence electrons. The molecule has 2 rings (SSSR count). The van der Waals surface area contributed by atoms with E-state index in [9.17, 15) is 14.4 Å². The predicted molar refractivity (Wildman–Crippen MR) is 99.9 cm³/mol. The molecule has 0 N–H and O–H groups in total. The number of benzene rings is 1. The van der Waals surface area contributed by atoms with E-state index in [0.29, 0.717) is 18.5 Å². The van der Waals surface area contributed by atoms with Gasteiger partial charge in [0.25, 0.3) is 0 Å². The van der Waals surface area contributed by atoms with Crippen LogP contribution in [0.3, 0.4) is 0 Å². The van der Waals surface area contributed by atoms with E-state index in [2.05, 4.69) is 15.9 Å². The van der Waals surface area contributed by atoms with Crippen LogP contribution in [-0.4, -0.2) is 47.5 Å². The van der Waals surface area contributed by atoms with E-state index >= 15 is 0 Å². The van der Waals surface area contributed by atoms with Gasteiger partial charge in [0, 0.05) is 16.6 Å². The molecule has 1 aromatic carbocycles. The van der Waals surface area contributed by atoms with Crippen molar-refractivity contribution in [3.8, 4) is 0 Å². The van der Waals surface area contributed by atoms with Gasteiger partial charge >= 0.3 is 12.1 Å². The van der Waals surface area contributed by atoms with Crippen LogP contribution >= 0.6 is 15.9 Å². The van der Waals surface area contributed by atoms with Crippen LogP contribution in [0, 0.1) is 5.92 Å². The average Bonchev–Trinajstić information content (AvgIpc) is 2.93. The summed E-state index contributed by atoms with van der Waals surface area (Å²) < 4.78 is 11.4. The minimum Gasteiger partial charge on any atom is -0.456 e. The van der Waals surface area contributed by atoms with Gasteiger partial charge in [-0.2, -0.15) is 0 Å². The number of rotatable bonds is 4. The summed E-state index contributed by atoms with van der Waals surface area (Å²) in [5.74, 6) is -0.714. The number of Topliss-reactive ketones (excluding diaryl/α,β-unsaturated/α-hetero) is 1. The Morgan fingerprint density at radius 1 is 1.19 bits per heavy atom. The first-order valence-corrected chi connectivity index (χ1v) is 9.31. The second-order valence-electron chi connectivity index (χ2n) is 7.53. The summed E-state index contributed by atoms with van der Waals surface area (Å²) in [5, 5.41) is 0. The number of amides is 1. The molecule has 1 amide bonds. The maximum atomic E-state index is 12.4. The fourth-order valence-corrected chi connectivity index (χ4v) is 3.01. The minimum atomic E-state index is -0.724. The molecule has 26 heavy (non-hydrogen) atoms. The van der Waals surface area contributed by atoms with Crippen molar-refractivity contribution in [2.45, 2.75) is 45.8 Å². The monoisotopic (exact) mass is 425 g/mol. The zero-order valence-corrected chi connectivity index (χ0v) is 17.0. The SMILES string of the molecule is C[C@H]1C[C@@H](C(=O)OCC(=O)c2ccc(Br)cc2)N(C(=O)OC(C)(C)C)C1. The quantitative estimate of drug-likeness (QED) is 0.541. The van der Waals surface area contributed by atoms with E-state index in [1.165, 1.54) is 4.90 Å². The lowest BCUT2D eigenvalue weighted by Gasteiger charge is -2.27. The highest BCUT2D eigenvalue weighted by Gasteiger charge is 2.41. The second-order valence-corrected chi connectivity index (χ2v) is 8.44. The van der Waals surface area contributed by atoms with Crippen molar-refractivity contribution in [1.82, 2.24) is 4.90 Å². The van der Waals surface area contributed by atoms with Crippen LogP contribution in [0.2, 0.25) is 0 Å². The fraction of sp³-hybridized carbons (Fsp3) is 0.526. The average molecular weight is 426 g/mol. The highest BCUT2D eigenvalue weighted by Crippen LogP contribution is 2.26. The number of ether oxygens (including phenoxy) is 2. The molecular weight excluding hydrogens is 402 g/mol. The third-order valence-corrected chi connectivity index (χ3v) is 4.45. The molecule has 1 saturated heterocycles. The Morgan fingerprint density at radius 3 is 2.38 bits per heavy atom. The molecule has 7 heteroatoms. The molecule has 1 aliphatic rings. The van der Waals surface area contributed by atoms with Gasteiger partial charge in [-0.15, -0.1) is 0 Å². The molecule has 2 atom stereocenters. The number of carbonyl (C=O) groups is 3. The number of carbonyl (C=O) groups excluding carboxylic acids is 3. The largest absolute Gasteiger partial charge is 0.456 e. The van der Waals surface area contributed by atoms with Crippen LogP contribution in [0.4, 0.5) is 4.79 Å². The number of likely N-dealkylation sites (tertiary alicyclic amines) is 1. The smallest absolute Gasteiger partial charge is 0.411 e. The van der Waals surface area contributed by atoms with E-state index in [1.54, 1.807) is 45.0 Å². The van der Waals surface area contributed by atoms with Crippen LogP contribution in [0.1, 0.15) is 44.5 Å². The lowest BCUT2D eigenvalue weighted by molar-refractivity contribution is -0.147. The summed E-state index contributed by atoms with van der Waals surface area (Å²) in [5.41, 5.74) is -0.181. The first-order valence-electron chi connectivity index (χ1n) is 8.52. The van der Waals surface area contributed by atoms with Crippen molar-refractivity contribution in [2.24, 2.45) is 5.92 Å². The molecular formula is C19H24BrNO5. The molecule has 0 aliphatic carbocycles. The highest BCUT2D eigenvalue weighted by molar-refractivity contribution is 9.10. The summed E-state index contributed by atoms with van der Waals surface area (Å²) in [6.07, 6.45) is -0.0482. The molecule has 1 aromatic rings. The molecule has 6 nitrogen and oxygen atoms in total. The van der Waals surface area contributed by atoms with Crippen molar-refractivity contribution >= 4 is 33.8 Å². The lowest BCUT2D eigenvalue weighted by Crippen LogP contribution is -2.44. The molecule has 1 fully saturated rings. The first-order chi connectivity index (χ1) is 12.1. The zero-order valence-electron chi connectivity index (χ0n) is 15.5.